The fourth-order valence-electron chi connectivity index (χ4n) is 6.55. The fourth-order valence-corrected chi connectivity index (χ4v) is 6.55. The van der Waals surface area contributed by atoms with E-state index < -0.39 is 6.17 Å². The number of nitrogens with zero attached hydrogens (tertiary/aromatic N) is 2. The third kappa shape index (κ3) is 4.30. The Labute approximate surface area is 260 Å². The maximum absolute atomic E-state index is 6.65. The van der Waals surface area contributed by atoms with Gasteiger partial charge in [0.15, 0.2) is 6.17 Å². The molecule has 0 aliphatic carbocycles. The van der Waals surface area contributed by atoms with Crippen LogP contribution in [0.2, 0.25) is 0 Å². The first kappa shape index (κ1) is 25.5. The summed E-state index contributed by atoms with van der Waals surface area (Å²) in [6, 6.07) is 52.7. The van der Waals surface area contributed by atoms with Crippen LogP contribution >= 0.6 is 0 Å². The van der Waals surface area contributed by atoms with Crippen LogP contribution in [0.3, 0.4) is 0 Å². The van der Waals surface area contributed by atoms with E-state index in [2.05, 4.69) is 127 Å². The standard InChI is InChI=1S/C41H27N3O/c1-2-13-28(14-3-1)39-42-40(33-19-10-16-27-12-6-7-17-31(27)33)44-41(43-39)35-24-23-32(30-22-21-26-11-4-5-15-29(26)25-30)38-37(35)34-18-8-9-20-36(34)45-38/h1-25,41H,(H,42,43,44). The van der Waals surface area contributed by atoms with E-state index in [1.165, 1.54) is 16.2 Å². The summed E-state index contributed by atoms with van der Waals surface area (Å²) >= 11 is 0. The molecule has 1 atom stereocenters. The zero-order chi connectivity index (χ0) is 29.7. The maximum Gasteiger partial charge on any atom is 0.170 e. The van der Waals surface area contributed by atoms with Crippen molar-refractivity contribution < 1.29 is 4.42 Å². The first-order valence-corrected chi connectivity index (χ1v) is 15.2. The van der Waals surface area contributed by atoms with E-state index >= 15 is 0 Å². The molecule has 1 unspecified atom stereocenters. The molecule has 0 fully saturated rings. The SMILES string of the molecule is c1ccc(C2=NC(c3ccc(-c4ccc5ccccc5c4)c4oc5ccccc5c34)N=C(c3cccc4ccccc34)N2)cc1. The summed E-state index contributed by atoms with van der Waals surface area (Å²) in [4.78, 5) is 10.5. The predicted octanol–water partition coefficient (Wildman–Crippen LogP) is 10.1. The zero-order valence-electron chi connectivity index (χ0n) is 24.3. The Hall–Kier alpha value is -6.00. The highest BCUT2D eigenvalue weighted by atomic mass is 16.3. The summed E-state index contributed by atoms with van der Waals surface area (Å²) in [7, 11) is 0. The topological polar surface area (TPSA) is 49.9 Å². The van der Waals surface area contributed by atoms with E-state index in [-0.39, 0.29) is 0 Å². The molecule has 2 heterocycles. The monoisotopic (exact) mass is 577 g/mol. The molecule has 212 valence electrons. The summed E-state index contributed by atoms with van der Waals surface area (Å²) in [5, 5.41) is 10.4. The van der Waals surface area contributed by atoms with Crippen molar-refractivity contribution in [3.8, 4) is 11.1 Å². The van der Waals surface area contributed by atoms with Crippen LogP contribution < -0.4 is 5.32 Å². The number of hydrogen-bond acceptors (Lipinski definition) is 4. The lowest BCUT2D eigenvalue weighted by Gasteiger charge is -2.23. The van der Waals surface area contributed by atoms with Gasteiger partial charge in [-0.05, 0) is 39.2 Å². The Morgan fingerprint density at radius 1 is 0.489 bits per heavy atom. The van der Waals surface area contributed by atoms with Crippen molar-refractivity contribution in [2.45, 2.75) is 6.17 Å². The van der Waals surface area contributed by atoms with Crippen molar-refractivity contribution in [1.82, 2.24) is 5.32 Å². The summed E-state index contributed by atoms with van der Waals surface area (Å²) in [6.45, 7) is 0. The molecule has 4 heteroatoms. The van der Waals surface area contributed by atoms with Gasteiger partial charge < -0.3 is 9.73 Å². The number of amidine groups is 2. The summed E-state index contributed by atoms with van der Waals surface area (Å²) < 4.78 is 6.65. The van der Waals surface area contributed by atoms with Crippen LogP contribution in [0.4, 0.5) is 0 Å². The predicted molar refractivity (Wildman–Crippen MR) is 186 cm³/mol. The van der Waals surface area contributed by atoms with Crippen LogP contribution in [0.15, 0.2) is 166 Å². The number of rotatable bonds is 4. The molecule has 0 saturated carbocycles. The molecule has 0 amide bonds. The summed E-state index contributed by atoms with van der Waals surface area (Å²) in [5.41, 5.74) is 6.92. The van der Waals surface area contributed by atoms with E-state index in [0.29, 0.717) is 0 Å². The van der Waals surface area contributed by atoms with Crippen molar-refractivity contribution in [1.29, 1.82) is 0 Å². The zero-order valence-corrected chi connectivity index (χ0v) is 24.3. The van der Waals surface area contributed by atoms with Gasteiger partial charge in [0.05, 0.1) is 0 Å². The molecular weight excluding hydrogens is 550 g/mol. The number of hydrogen-bond donors (Lipinski definition) is 1. The fraction of sp³-hybridized carbons (Fsp3) is 0.0244. The Morgan fingerprint density at radius 3 is 2.09 bits per heavy atom. The molecule has 0 saturated heterocycles. The molecule has 8 aromatic rings. The molecule has 1 N–H and O–H groups in total. The van der Waals surface area contributed by atoms with Gasteiger partial charge in [0, 0.05) is 33.0 Å². The third-order valence-corrected chi connectivity index (χ3v) is 8.73. The maximum atomic E-state index is 6.65. The van der Waals surface area contributed by atoms with E-state index in [1.807, 2.05) is 30.3 Å². The second-order valence-electron chi connectivity index (χ2n) is 11.4. The minimum atomic E-state index is -0.482. The molecule has 7 aromatic carbocycles. The first-order chi connectivity index (χ1) is 22.3. The van der Waals surface area contributed by atoms with Crippen LogP contribution in [0.5, 0.6) is 0 Å². The molecular formula is C41H27N3O. The van der Waals surface area contributed by atoms with Crippen molar-refractivity contribution >= 4 is 55.2 Å². The lowest BCUT2D eigenvalue weighted by Crippen LogP contribution is -2.36. The molecule has 4 nitrogen and oxygen atoms in total. The minimum absolute atomic E-state index is 0.482. The average Bonchev–Trinajstić information content (AvgIpc) is 3.51. The number of para-hydroxylation sites is 1. The van der Waals surface area contributed by atoms with Gasteiger partial charge in [0.25, 0.3) is 0 Å². The Bertz CT molecular complexity index is 2470. The highest BCUT2D eigenvalue weighted by Gasteiger charge is 2.26. The molecule has 1 aromatic heterocycles. The number of nitrogens with one attached hydrogen (secondary N) is 1. The highest BCUT2D eigenvalue weighted by molar-refractivity contribution is 6.20. The van der Waals surface area contributed by atoms with Crippen molar-refractivity contribution in [2.75, 3.05) is 0 Å². The van der Waals surface area contributed by atoms with E-state index in [9.17, 15) is 0 Å². The van der Waals surface area contributed by atoms with Gasteiger partial charge in [-0.1, -0.05) is 140 Å². The van der Waals surface area contributed by atoms with Crippen LogP contribution in [0.25, 0.3) is 54.6 Å². The lowest BCUT2D eigenvalue weighted by atomic mass is 9.95. The van der Waals surface area contributed by atoms with Crippen molar-refractivity contribution in [3.05, 3.63) is 168 Å². The van der Waals surface area contributed by atoms with Gasteiger partial charge in [-0.3, -0.25) is 0 Å². The Kier molecular flexibility index (Phi) is 5.85. The van der Waals surface area contributed by atoms with Crippen molar-refractivity contribution in [2.24, 2.45) is 9.98 Å². The van der Waals surface area contributed by atoms with Gasteiger partial charge in [0.2, 0.25) is 0 Å². The smallest absolute Gasteiger partial charge is 0.170 e. The molecule has 9 rings (SSSR count). The van der Waals surface area contributed by atoms with E-state index in [4.69, 9.17) is 14.4 Å². The lowest BCUT2D eigenvalue weighted by molar-refractivity contribution is 0.668. The molecule has 45 heavy (non-hydrogen) atoms. The van der Waals surface area contributed by atoms with Crippen LogP contribution in [-0.4, -0.2) is 11.7 Å². The van der Waals surface area contributed by atoms with Crippen LogP contribution in [0.1, 0.15) is 22.9 Å². The van der Waals surface area contributed by atoms with Gasteiger partial charge in [0.1, 0.15) is 22.8 Å². The van der Waals surface area contributed by atoms with E-state index in [1.54, 1.807) is 0 Å². The number of furan rings is 1. The first-order valence-electron chi connectivity index (χ1n) is 15.2. The second kappa shape index (κ2) is 10.3. The molecule has 1 aliphatic heterocycles. The van der Waals surface area contributed by atoms with Gasteiger partial charge >= 0.3 is 0 Å². The van der Waals surface area contributed by atoms with Crippen LogP contribution in [0, 0.1) is 0 Å². The van der Waals surface area contributed by atoms with E-state index in [0.717, 1.165) is 66.8 Å². The minimum Gasteiger partial charge on any atom is -0.455 e. The second-order valence-corrected chi connectivity index (χ2v) is 11.4. The third-order valence-electron chi connectivity index (χ3n) is 8.73. The summed E-state index contributed by atoms with van der Waals surface area (Å²) in [5.74, 6) is 1.59. The Balaban J connectivity index is 1.29. The van der Waals surface area contributed by atoms with Gasteiger partial charge in [-0.2, -0.15) is 0 Å². The quantitative estimate of drug-likeness (QED) is 0.226. The van der Waals surface area contributed by atoms with Gasteiger partial charge in [-0.15, -0.1) is 0 Å². The Morgan fingerprint density at radius 2 is 1.20 bits per heavy atom. The molecule has 0 bridgehead atoms. The number of fused-ring (bicyclic) bond motifs is 5. The molecule has 0 radical (unpaired) electrons. The van der Waals surface area contributed by atoms with Gasteiger partial charge in [-0.25, -0.2) is 9.98 Å². The largest absolute Gasteiger partial charge is 0.455 e. The van der Waals surface area contributed by atoms with Crippen molar-refractivity contribution in [3.63, 3.8) is 0 Å². The molecule has 1 aliphatic rings. The molecule has 0 spiro atoms. The number of aliphatic imine (C=N–C) groups is 2. The average molecular weight is 578 g/mol. The summed E-state index contributed by atoms with van der Waals surface area (Å²) in [6.07, 6.45) is -0.482. The van der Waals surface area contributed by atoms with Crippen LogP contribution in [-0.2, 0) is 0 Å². The normalized spacial score (nSPS) is 14.9. The number of benzene rings is 7. The highest BCUT2D eigenvalue weighted by Crippen LogP contribution is 2.42.